The van der Waals surface area contributed by atoms with Gasteiger partial charge in [0.2, 0.25) is 5.91 Å². The van der Waals surface area contributed by atoms with Crippen molar-refractivity contribution in [3.05, 3.63) is 36.3 Å². The molecule has 0 saturated carbocycles. The van der Waals surface area contributed by atoms with Crippen LogP contribution in [-0.4, -0.2) is 32.6 Å². The van der Waals surface area contributed by atoms with Crippen molar-refractivity contribution < 1.29 is 9.21 Å². The van der Waals surface area contributed by atoms with Gasteiger partial charge in [0.1, 0.15) is 30.2 Å². The van der Waals surface area contributed by atoms with E-state index < -0.39 is 0 Å². The molecular formula is C12H16N4O2. The highest BCUT2D eigenvalue weighted by molar-refractivity contribution is 5.79. The number of aromatic nitrogens is 3. The van der Waals surface area contributed by atoms with Crippen molar-refractivity contribution in [2.45, 2.75) is 26.4 Å². The Labute approximate surface area is 105 Å². The van der Waals surface area contributed by atoms with Crippen LogP contribution in [0.25, 0.3) is 0 Å². The Morgan fingerprint density at radius 1 is 1.56 bits per heavy atom. The molecule has 6 nitrogen and oxygen atoms in total. The minimum Gasteiger partial charge on any atom is -0.464 e. The first-order valence-electron chi connectivity index (χ1n) is 5.72. The molecule has 0 radical (unpaired) electrons. The van der Waals surface area contributed by atoms with Gasteiger partial charge in [0, 0.05) is 7.05 Å². The molecule has 0 aliphatic heterocycles. The lowest BCUT2D eigenvalue weighted by Gasteiger charge is -2.20. The normalized spacial score (nSPS) is 12.4. The van der Waals surface area contributed by atoms with Crippen LogP contribution in [0.3, 0.4) is 0 Å². The number of carbonyl (C=O) groups is 1. The van der Waals surface area contributed by atoms with Crippen molar-refractivity contribution in [1.29, 1.82) is 0 Å². The largest absolute Gasteiger partial charge is 0.464 e. The fraction of sp³-hybridized carbons (Fsp3) is 0.417. The third kappa shape index (κ3) is 2.58. The van der Waals surface area contributed by atoms with E-state index in [4.69, 9.17) is 4.42 Å². The van der Waals surface area contributed by atoms with E-state index in [1.807, 2.05) is 19.1 Å². The van der Waals surface area contributed by atoms with E-state index in [2.05, 4.69) is 10.1 Å². The second kappa shape index (κ2) is 5.03. The molecule has 0 aromatic carbocycles. The quantitative estimate of drug-likeness (QED) is 0.820. The topological polar surface area (TPSA) is 64.2 Å². The Kier molecular flexibility index (Phi) is 3.45. The fourth-order valence-electron chi connectivity index (χ4n) is 1.73. The molecule has 18 heavy (non-hydrogen) atoms. The van der Waals surface area contributed by atoms with Gasteiger partial charge in [-0.3, -0.25) is 4.79 Å². The van der Waals surface area contributed by atoms with E-state index in [1.54, 1.807) is 18.9 Å². The number of hydrogen-bond acceptors (Lipinski definition) is 4. The van der Waals surface area contributed by atoms with Gasteiger partial charge in [-0.15, -0.1) is 0 Å². The average molecular weight is 248 g/mol. The summed E-state index contributed by atoms with van der Waals surface area (Å²) in [4.78, 5) is 17.6. The van der Waals surface area contributed by atoms with Crippen molar-refractivity contribution in [1.82, 2.24) is 19.7 Å². The van der Waals surface area contributed by atoms with E-state index in [0.29, 0.717) is 6.54 Å². The van der Waals surface area contributed by atoms with Gasteiger partial charge in [0.25, 0.3) is 0 Å². The molecule has 0 saturated heterocycles. The minimum atomic E-state index is -0.367. The first-order chi connectivity index (χ1) is 8.58. The minimum absolute atomic E-state index is 0.0328. The Balaban J connectivity index is 2.00. The molecule has 96 valence electrons. The van der Waals surface area contributed by atoms with E-state index in [-0.39, 0.29) is 11.9 Å². The lowest BCUT2D eigenvalue weighted by molar-refractivity contribution is -0.134. The lowest BCUT2D eigenvalue weighted by atomic mass is 10.3. The maximum Gasteiger partial charge on any atom is 0.247 e. The van der Waals surface area contributed by atoms with Crippen LogP contribution in [0.5, 0.6) is 0 Å². The molecule has 1 atom stereocenters. The number of hydrogen-bond donors (Lipinski definition) is 0. The summed E-state index contributed by atoms with van der Waals surface area (Å²) in [5, 5.41) is 3.97. The zero-order valence-electron chi connectivity index (χ0n) is 10.7. The Bertz CT molecular complexity index is 518. The van der Waals surface area contributed by atoms with Crippen LogP contribution in [0.4, 0.5) is 0 Å². The summed E-state index contributed by atoms with van der Waals surface area (Å²) in [6, 6.07) is 3.39. The number of nitrogens with zero attached hydrogens (tertiary/aromatic N) is 4. The van der Waals surface area contributed by atoms with Crippen molar-refractivity contribution in [2.75, 3.05) is 7.05 Å². The zero-order chi connectivity index (χ0) is 13.1. The van der Waals surface area contributed by atoms with Crippen molar-refractivity contribution in [3.63, 3.8) is 0 Å². The van der Waals surface area contributed by atoms with Gasteiger partial charge in [0.15, 0.2) is 0 Å². The molecule has 2 rings (SSSR count). The Morgan fingerprint density at radius 3 is 2.89 bits per heavy atom. The summed E-state index contributed by atoms with van der Waals surface area (Å²) < 4.78 is 6.98. The SMILES string of the molecule is Cc1ccc(CN(C)C(=O)[C@H](C)n2cncn2)o1. The predicted octanol–water partition coefficient (Wildman–Crippen LogP) is 1.40. The lowest BCUT2D eigenvalue weighted by Crippen LogP contribution is -2.32. The molecule has 2 heterocycles. The first-order valence-corrected chi connectivity index (χ1v) is 5.72. The van der Waals surface area contributed by atoms with Gasteiger partial charge < -0.3 is 9.32 Å². The van der Waals surface area contributed by atoms with E-state index in [0.717, 1.165) is 11.5 Å². The standard InChI is InChI=1S/C12H16N4O2/c1-9-4-5-11(18-9)6-15(3)12(17)10(2)16-8-13-7-14-16/h4-5,7-8,10H,6H2,1-3H3/t10-/m0/s1. The molecule has 0 spiro atoms. The van der Waals surface area contributed by atoms with Gasteiger partial charge in [-0.2, -0.15) is 5.10 Å². The summed E-state index contributed by atoms with van der Waals surface area (Å²) in [7, 11) is 1.74. The van der Waals surface area contributed by atoms with E-state index >= 15 is 0 Å². The summed E-state index contributed by atoms with van der Waals surface area (Å²) in [5.74, 6) is 1.58. The van der Waals surface area contributed by atoms with Crippen molar-refractivity contribution >= 4 is 5.91 Å². The van der Waals surface area contributed by atoms with E-state index in [1.165, 1.54) is 17.3 Å². The molecule has 2 aromatic heterocycles. The monoisotopic (exact) mass is 248 g/mol. The number of likely N-dealkylation sites (N-methyl/N-ethyl adjacent to an activating group) is 1. The number of furan rings is 1. The second-order valence-corrected chi connectivity index (χ2v) is 4.26. The van der Waals surface area contributed by atoms with Gasteiger partial charge in [-0.05, 0) is 26.0 Å². The first kappa shape index (κ1) is 12.3. The van der Waals surface area contributed by atoms with Crippen LogP contribution in [0.15, 0.2) is 29.2 Å². The second-order valence-electron chi connectivity index (χ2n) is 4.26. The average Bonchev–Trinajstić information content (AvgIpc) is 2.98. The number of rotatable bonds is 4. The van der Waals surface area contributed by atoms with Crippen LogP contribution in [-0.2, 0) is 11.3 Å². The molecule has 0 aliphatic carbocycles. The van der Waals surface area contributed by atoms with Gasteiger partial charge in [0.05, 0.1) is 6.54 Å². The number of amides is 1. The summed E-state index contributed by atoms with van der Waals surface area (Å²) in [6.07, 6.45) is 2.95. The fourth-order valence-corrected chi connectivity index (χ4v) is 1.73. The highest BCUT2D eigenvalue weighted by atomic mass is 16.3. The van der Waals surface area contributed by atoms with Crippen LogP contribution in [0.2, 0.25) is 0 Å². The summed E-state index contributed by atoms with van der Waals surface area (Å²) in [5.41, 5.74) is 0. The van der Waals surface area contributed by atoms with Crippen LogP contribution in [0, 0.1) is 6.92 Å². The number of carbonyl (C=O) groups excluding carboxylic acids is 1. The molecule has 2 aromatic rings. The predicted molar refractivity (Wildman–Crippen MR) is 64.7 cm³/mol. The van der Waals surface area contributed by atoms with Crippen LogP contribution < -0.4 is 0 Å². The highest BCUT2D eigenvalue weighted by Gasteiger charge is 2.20. The third-order valence-corrected chi connectivity index (χ3v) is 2.76. The zero-order valence-corrected chi connectivity index (χ0v) is 10.7. The molecule has 0 aliphatic rings. The molecular weight excluding hydrogens is 232 g/mol. The maximum atomic E-state index is 12.1. The van der Waals surface area contributed by atoms with Crippen LogP contribution >= 0.6 is 0 Å². The van der Waals surface area contributed by atoms with Crippen LogP contribution in [0.1, 0.15) is 24.5 Å². The molecule has 6 heteroatoms. The van der Waals surface area contributed by atoms with Gasteiger partial charge in [-0.25, -0.2) is 9.67 Å². The molecule has 0 bridgehead atoms. The summed E-state index contributed by atoms with van der Waals surface area (Å²) in [6.45, 7) is 4.12. The molecule has 0 N–H and O–H groups in total. The van der Waals surface area contributed by atoms with Crippen molar-refractivity contribution in [2.24, 2.45) is 0 Å². The third-order valence-electron chi connectivity index (χ3n) is 2.76. The molecule has 1 amide bonds. The van der Waals surface area contributed by atoms with Gasteiger partial charge in [-0.1, -0.05) is 0 Å². The Hall–Kier alpha value is -2.11. The van der Waals surface area contributed by atoms with Crippen molar-refractivity contribution in [3.8, 4) is 0 Å². The smallest absolute Gasteiger partial charge is 0.247 e. The molecule has 0 fully saturated rings. The Morgan fingerprint density at radius 2 is 2.33 bits per heavy atom. The van der Waals surface area contributed by atoms with Gasteiger partial charge >= 0.3 is 0 Å². The maximum absolute atomic E-state index is 12.1. The highest BCUT2D eigenvalue weighted by Crippen LogP contribution is 2.12. The number of aryl methyl sites for hydroxylation is 1. The summed E-state index contributed by atoms with van der Waals surface area (Å²) >= 11 is 0. The molecule has 0 unspecified atom stereocenters. The van der Waals surface area contributed by atoms with E-state index in [9.17, 15) is 4.79 Å².